The van der Waals surface area contributed by atoms with Crippen molar-refractivity contribution < 1.29 is 14.3 Å². The molecule has 0 fully saturated rings. The number of nitrogens with one attached hydrogen (secondary N) is 1. The molecule has 1 aromatic carbocycles. The molecule has 6 heteroatoms. The SMILES string of the molecule is COc1ccc(C(CNC(=O)N(C)C)N(C)C)cc1OC. The number of carbonyl (C=O) groups is 1. The summed E-state index contributed by atoms with van der Waals surface area (Å²) >= 11 is 0. The summed E-state index contributed by atoms with van der Waals surface area (Å²) in [5.41, 5.74) is 1.05. The maximum Gasteiger partial charge on any atom is 0.316 e. The van der Waals surface area contributed by atoms with Crippen molar-refractivity contribution in [2.75, 3.05) is 49.0 Å². The largest absolute Gasteiger partial charge is 0.493 e. The highest BCUT2D eigenvalue weighted by molar-refractivity contribution is 5.73. The van der Waals surface area contributed by atoms with Crippen LogP contribution in [-0.4, -0.2) is 64.8 Å². The molecule has 0 saturated carbocycles. The van der Waals surface area contributed by atoms with Crippen LogP contribution in [0, 0.1) is 0 Å². The van der Waals surface area contributed by atoms with Crippen LogP contribution in [-0.2, 0) is 0 Å². The first-order valence-corrected chi connectivity index (χ1v) is 6.74. The number of nitrogens with zero attached hydrogens (tertiary/aromatic N) is 2. The van der Waals surface area contributed by atoms with Crippen molar-refractivity contribution in [1.82, 2.24) is 15.1 Å². The minimum Gasteiger partial charge on any atom is -0.493 e. The average molecular weight is 295 g/mol. The van der Waals surface area contributed by atoms with E-state index in [0.717, 1.165) is 5.56 Å². The predicted octanol–water partition coefficient (Wildman–Crippen LogP) is 1.58. The number of rotatable bonds is 6. The third-order valence-electron chi connectivity index (χ3n) is 3.27. The lowest BCUT2D eigenvalue weighted by atomic mass is 10.1. The predicted molar refractivity (Wildman–Crippen MR) is 83.1 cm³/mol. The van der Waals surface area contributed by atoms with Gasteiger partial charge in [0.25, 0.3) is 0 Å². The molecule has 0 aliphatic rings. The second-order valence-electron chi connectivity index (χ2n) is 5.17. The van der Waals surface area contributed by atoms with E-state index in [-0.39, 0.29) is 12.1 Å². The van der Waals surface area contributed by atoms with Gasteiger partial charge in [-0.3, -0.25) is 0 Å². The Bertz CT molecular complexity index is 475. The van der Waals surface area contributed by atoms with Crippen molar-refractivity contribution in [3.63, 3.8) is 0 Å². The van der Waals surface area contributed by atoms with E-state index in [9.17, 15) is 4.79 Å². The first kappa shape index (κ1) is 17.1. The number of benzene rings is 1. The van der Waals surface area contributed by atoms with E-state index in [2.05, 4.69) is 10.2 Å². The van der Waals surface area contributed by atoms with Crippen molar-refractivity contribution >= 4 is 6.03 Å². The molecule has 21 heavy (non-hydrogen) atoms. The van der Waals surface area contributed by atoms with E-state index in [0.29, 0.717) is 18.0 Å². The molecule has 0 spiro atoms. The van der Waals surface area contributed by atoms with Crippen LogP contribution in [0.15, 0.2) is 18.2 Å². The zero-order chi connectivity index (χ0) is 16.0. The second-order valence-corrected chi connectivity index (χ2v) is 5.17. The molecule has 1 rings (SSSR count). The van der Waals surface area contributed by atoms with E-state index in [1.807, 2.05) is 32.3 Å². The highest BCUT2D eigenvalue weighted by atomic mass is 16.5. The Hall–Kier alpha value is -1.95. The quantitative estimate of drug-likeness (QED) is 0.865. The molecule has 2 amide bonds. The van der Waals surface area contributed by atoms with Gasteiger partial charge in [-0.25, -0.2) is 4.79 Å². The van der Waals surface area contributed by atoms with Gasteiger partial charge in [0.2, 0.25) is 0 Å². The Morgan fingerprint density at radius 1 is 1.14 bits per heavy atom. The number of hydrogen-bond acceptors (Lipinski definition) is 4. The third-order valence-corrected chi connectivity index (χ3v) is 3.27. The summed E-state index contributed by atoms with van der Waals surface area (Å²) in [6.07, 6.45) is 0. The molecule has 0 saturated heterocycles. The van der Waals surface area contributed by atoms with Crippen molar-refractivity contribution in [2.24, 2.45) is 0 Å². The maximum atomic E-state index is 11.7. The van der Waals surface area contributed by atoms with Crippen LogP contribution < -0.4 is 14.8 Å². The minimum absolute atomic E-state index is 0.0497. The minimum atomic E-state index is -0.109. The summed E-state index contributed by atoms with van der Waals surface area (Å²) in [5, 5.41) is 2.90. The van der Waals surface area contributed by atoms with Gasteiger partial charge in [-0.2, -0.15) is 0 Å². The van der Waals surface area contributed by atoms with Gasteiger partial charge in [-0.1, -0.05) is 6.07 Å². The van der Waals surface area contributed by atoms with Crippen LogP contribution in [0.5, 0.6) is 11.5 Å². The van der Waals surface area contributed by atoms with Crippen LogP contribution in [0.4, 0.5) is 4.79 Å². The lowest BCUT2D eigenvalue weighted by Crippen LogP contribution is -2.39. The summed E-state index contributed by atoms with van der Waals surface area (Å²) < 4.78 is 10.6. The van der Waals surface area contributed by atoms with Gasteiger partial charge in [-0.15, -0.1) is 0 Å². The van der Waals surface area contributed by atoms with Gasteiger partial charge in [0.05, 0.1) is 20.3 Å². The molecule has 0 heterocycles. The highest BCUT2D eigenvalue weighted by Crippen LogP contribution is 2.31. The Labute approximate surface area is 126 Å². The van der Waals surface area contributed by atoms with Gasteiger partial charge in [0.15, 0.2) is 11.5 Å². The number of methoxy groups -OCH3 is 2. The fourth-order valence-electron chi connectivity index (χ4n) is 2.00. The molecule has 1 unspecified atom stereocenters. The Kier molecular flexibility index (Phi) is 6.30. The summed E-state index contributed by atoms with van der Waals surface area (Å²) in [6.45, 7) is 0.513. The zero-order valence-corrected chi connectivity index (χ0v) is 13.6. The molecule has 1 atom stereocenters. The molecule has 6 nitrogen and oxygen atoms in total. The number of amides is 2. The fraction of sp³-hybridized carbons (Fsp3) is 0.533. The van der Waals surface area contributed by atoms with Crippen molar-refractivity contribution in [3.8, 4) is 11.5 Å². The molecule has 1 aromatic rings. The summed E-state index contributed by atoms with van der Waals surface area (Å²) in [5.74, 6) is 1.37. The van der Waals surface area contributed by atoms with Gasteiger partial charge < -0.3 is 24.6 Å². The van der Waals surface area contributed by atoms with Crippen LogP contribution in [0.25, 0.3) is 0 Å². The Morgan fingerprint density at radius 3 is 2.24 bits per heavy atom. The lowest BCUT2D eigenvalue weighted by molar-refractivity contribution is 0.210. The van der Waals surface area contributed by atoms with E-state index >= 15 is 0 Å². The van der Waals surface area contributed by atoms with Crippen LogP contribution >= 0.6 is 0 Å². The first-order chi connectivity index (χ1) is 9.90. The van der Waals surface area contributed by atoms with Gasteiger partial charge in [0.1, 0.15) is 0 Å². The molecule has 0 bridgehead atoms. The van der Waals surface area contributed by atoms with Gasteiger partial charge in [0, 0.05) is 20.6 Å². The monoisotopic (exact) mass is 295 g/mol. The normalized spacial score (nSPS) is 12.0. The summed E-state index contributed by atoms with van der Waals surface area (Å²) in [7, 11) is 10.6. The van der Waals surface area contributed by atoms with Gasteiger partial charge >= 0.3 is 6.03 Å². The van der Waals surface area contributed by atoms with Crippen LogP contribution in [0.2, 0.25) is 0 Å². The molecule has 0 aromatic heterocycles. The number of urea groups is 1. The van der Waals surface area contributed by atoms with Crippen molar-refractivity contribution in [1.29, 1.82) is 0 Å². The molecule has 1 N–H and O–H groups in total. The van der Waals surface area contributed by atoms with E-state index in [1.165, 1.54) is 4.90 Å². The molecular weight excluding hydrogens is 270 g/mol. The highest BCUT2D eigenvalue weighted by Gasteiger charge is 2.18. The summed E-state index contributed by atoms with van der Waals surface area (Å²) in [6, 6.07) is 5.73. The second kappa shape index (κ2) is 7.73. The Morgan fingerprint density at radius 2 is 1.76 bits per heavy atom. The van der Waals surface area contributed by atoms with E-state index < -0.39 is 0 Å². The number of ether oxygens (including phenoxy) is 2. The maximum absolute atomic E-state index is 11.7. The summed E-state index contributed by atoms with van der Waals surface area (Å²) in [4.78, 5) is 15.2. The third kappa shape index (κ3) is 4.53. The molecule has 0 aliphatic carbocycles. The van der Waals surface area contributed by atoms with Crippen molar-refractivity contribution in [3.05, 3.63) is 23.8 Å². The van der Waals surface area contributed by atoms with Crippen LogP contribution in [0.3, 0.4) is 0 Å². The van der Waals surface area contributed by atoms with Crippen LogP contribution in [0.1, 0.15) is 11.6 Å². The topological polar surface area (TPSA) is 54.0 Å². The number of hydrogen-bond donors (Lipinski definition) is 1. The Balaban J connectivity index is 2.93. The molecule has 0 aliphatic heterocycles. The number of likely N-dealkylation sites (N-methyl/N-ethyl adjacent to an activating group) is 1. The van der Waals surface area contributed by atoms with E-state index in [4.69, 9.17) is 9.47 Å². The van der Waals surface area contributed by atoms with Gasteiger partial charge in [-0.05, 0) is 31.8 Å². The first-order valence-electron chi connectivity index (χ1n) is 6.74. The standard InChI is InChI=1S/C15H25N3O3/c1-17(2)12(10-16-15(19)18(3)4)11-7-8-13(20-5)14(9-11)21-6/h7-9,12H,10H2,1-6H3,(H,16,19). The molecular formula is C15H25N3O3. The number of carbonyl (C=O) groups excluding carboxylic acids is 1. The van der Waals surface area contributed by atoms with E-state index in [1.54, 1.807) is 28.3 Å². The molecule has 118 valence electrons. The average Bonchev–Trinajstić information content (AvgIpc) is 2.46. The fourth-order valence-corrected chi connectivity index (χ4v) is 2.00. The zero-order valence-electron chi connectivity index (χ0n) is 13.6. The molecule has 0 radical (unpaired) electrons. The lowest BCUT2D eigenvalue weighted by Gasteiger charge is -2.26. The van der Waals surface area contributed by atoms with Crippen molar-refractivity contribution in [2.45, 2.75) is 6.04 Å². The smallest absolute Gasteiger partial charge is 0.316 e.